The van der Waals surface area contributed by atoms with E-state index in [0.717, 1.165) is 57.8 Å². The van der Waals surface area contributed by atoms with Crippen LogP contribution in [0.4, 0.5) is 0 Å². The van der Waals surface area contributed by atoms with E-state index in [9.17, 15) is 19.0 Å². The number of hydrogen-bond acceptors (Lipinski definition) is 8. The monoisotopic (exact) mass is 1020 g/mol. The molecule has 0 aromatic rings. The Bertz CT molecular complexity index is 1340. The maximum atomic E-state index is 12.8. The van der Waals surface area contributed by atoms with Gasteiger partial charge in [-0.25, -0.2) is 0 Å². The van der Waals surface area contributed by atoms with Gasteiger partial charge < -0.3 is 27.9 Å². The molecule has 0 saturated carbocycles. The standard InChI is InChI=1S/C61H114NO8P/c1-6-8-10-12-14-16-18-20-22-23-24-25-26-27-28-29-30-31-32-33-34-35-36-37-38-39-40-42-44-46-48-50-52-54-61(64)70-59(58-69-71(65,66)68-56-55-62(3,4)5)57-67-60(63)53-51-49-47-45-43-41-21-19-17-15-13-11-9-7-2/h8,10,14,16,20,22,24-25,59H,6-7,9,11-13,15,17-19,21,23,26-58H2,1-5H3/b10-8-,16-14-,22-20-,25-24-. The molecule has 0 aromatic heterocycles. The largest absolute Gasteiger partial charge is 0.756 e. The van der Waals surface area contributed by atoms with E-state index >= 15 is 0 Å². The van der Waals surface area contributed by atoms with Crippen LogP contribution in [0, 0.1) is 0 Å². The molecule has 0 saturated heterocycles. The van der Waals surface area contributed by atoms with E-state index < -0.39 is 26.5 Å². The first-order chi connectivity index (χ1) is 34.5. The number of esters is 2. The second-order valence-corrected chi connectivity index (χ2v) is 22.8. The molecular weight excluding hydrogens is 906 g/mol. The minimum absolute atomic E-state index is 0.0283. The molecule has 0 heterocycles. The molecule has 10 heteroatoms. The van der Waals surface area contributed by atoms with Crippen LogP contribution in [0.5, 0.6) is 0 Å². The van der Waals surface area contributed by atoms with Gasteiger partial charge in [-0.3, -0.25) is 14.2 Å². The van der Waals surface area contributed by atoms with Crippen molar-refractivity contribution in [3.8, 4) is 0 Å². The highest BCUT2D eigenvalue weighted by molar-refractivity contribution is 7.45. The Morgan fingerprint density at radius 1 is 0.451 bits per heavy atom. The first kappa shape index (κ1) is 69.0. The molecule has 0 aromatic carbocycles. The number of phosphoric acid groups is 1. The van der Waals surface area contributed by atoms with E-state index in [1.165, 1.54) is 186 Å². The number of rotatable bonds is 55. The van der Waals surface area contributed by atoms with Crippen LogP contribution in [0.25, 0.3) is 0 Å². The van der Waals surface area contributed by atoms with Crippen molar-refractivity contribution in [2.45, 2.75) is 283 Å². The van der Waals surface area contributed by atoms with Crippen LogP contribution >= 0.6 is 7.82 Å². The predicted octanol–water partition coefficient (Wildman–Crippen LogP) is 17.9. The van der Waals surface area contributed by atoms with E-state index in [-0.39, 0.29) is 32.0 Å². The second-order valence-electron chi connectivity index (χ2n) is 21.3. The van der Waals surface area contributed by atoms with Crippen molar-refractivity contribution in [3.05, 3.63) is 48.6 Å². The van der Waals surface area contributed by atoms with Crippen LogP contribution in [0.3, 0.4) is 0 Å². The summed E-state index contributed by atoms with van der Waals surface area (Å²) in [6, 6.07) is 0. The maximum Gasteiger partial charge on any atom is 0.306 e. The quantitative estimate of drug-likeness (QED) is 0.0195. The SMILES string of the molecule is CC/C=C\C/C=C\C/C=C\C/C=C\CCCCCCCCCCCCCCCCCCCCCCC(=O)OC(COC(=O)CCCCCCCCCCCCCCCC)COP(=O)([O-])OCC[N+](C)(C)C. The van der Waals surface area contributed by atoms with E-state index in [0.29, 0.717) is 17.4 Å². The van der Waals surface area contributed by atoms with Crippen LogP contribution in [0.15, 0.2) is 48.6 Å². The molecule has 9 nitrogen and oxygen atoms in total. The third-order valence-electron chi connectivity index (χ3n) is 13.1. The van der Waals surface area contributed by atoms with Gasteiger partial charge >= 0.3 is 11.9 Å². The Labute approximate surface area is 439 Å². The molecule has 0 amide bonds. The fourth-order valence-electron chi connectivity index (χ4n) is 8.53. The summed E-state index contributed by atoms with van der Waals surface area (Å²) in [5.74, 6) is -0.819. The minimum Gasteiger partial charge on any atom is -0.756 e. The zero-order valence-electron chi connectivity index (χ0n) is 47.2. The van der Waals surface area contributed by atoms with E-state index in [1.807, 2.05) is 21.1 Å². The van der Waals surface area contributed by atoms with Crippen LogP contribution in [0.2, 0.25) is 0 Å². The lowest BCUT2D eigenvalue weighted by atomic mass is 10.0. The number of nitrogens with zero attached hydrogens (tertiary/aromatic N) is 1. The van der Waals surface area contributed by atoms with Gasteiger partial charge in [0.1, 0.15) is 19.8 Å². The van der Waals surface area contributed by atoms with Crippen molar-refractivity contribution in [1.29, 1.82) is 0 Å². The van der Waals surface area contributed by atoms with Crippen molar-refractivity contribution in [3.63, 3.8) is 0 Å². The number of carbonyl (C=O) groups excluding carboxylic acids is 2. The zero-order chi connectivity index (χ0) is 52.0. The Kier molecular flexibility index (Phi) is 51.3. The van der Waals surface area contributed by atoms with Gasteiger partial charge in [0.2, 0.25) is 0 Å². The number of quaternary nitrogens is 1. The fraction of sp³-hybridized carbons (Fsp3) is 0.836. The minimum atomic E-state index is -4.63. The Hall–Kier alpha value is -2.03. The molecule has 0 spiro atoms. The number of likely N-dealkylation sites (N-methyl/N-ethyl adjacent to an activating group) is 1. The van der Waals surface area contributed by atoms with E-state index in [1.54, 1.807) is 0 Å². The lowest BCUT2D eigenvalue weighted by Crippen LogP contribution is -2.37. The zero-order valence-corrected chi connectivity index (χ0v) is 48.1. The maximum absolute atomic E-state index is 12.8. The summed E-state index contributed by atoms with van der Waals surface area (Å²) in [4.78, 5) is 37.8. The third-order valence-corrected chi connectivity index (χ3v) is 14.1. The molecule has 0 fully saturated rings. The molecule has 2 unspecified atom stereocenters. The van der Waals surface area contributed by atoms with Gasteiger partial charge in [0.05, 0.1) is 27.7 Å². The number of unbranched alkanes of at least 4 members (excludes halogenated alkanes) is 33. The predicted molar refractivity (Wildman–Crippen MR) is 300 cm³/mol. The van der Waals surface area contributed by atoms with Crippen molar-refractivity contribution in [1.82, 2.24) is 0 Å². The smallest absolute Gasteiger partial charge is 0.306 e. The summed E-state index contributed by atoms with van der Waals surface area (Å²) in [6.45, 7) is 4.16. The highest BCUT2D eigenvalue weighted by Crippen LogP contribution is 2.38. The van der Waals surface area contributed by atoms with Crippen LogP contribution in [-0.4, -0.2) is 70.0 Å². The molecule has 0 N–H and O–H groups in total. The van der Waals surface area contributed by atoms with Gasteiger partial charge in [-0.2, -0.15) is 0 Å². The molecular formula is C61H114NO8P. The molecule has 0 bridgehead atoms. The molecule has 71 heavy (non-hydrogen) atoms. The molecule has 416 valence electrons. The van der Waals surface area contributed by atoms with Gasteiger partial charge in [-0.05, 0) is 51.4 Å². The number of allylic oxidation sites excluding steroid dienone is 8. The summed E-state index contributed by atoms with van der Waals surface area (Å²) < 4.78 is 34.1. The topological polar surface area (TPSA) is 111 Å². The Balaban J connectivity index is 3.99. The highest BCUT2D eigenvalue weighted by Gasteiger charge is 2.22. The van der Waals surface area contributed by atoms with Gasteiger partial charge in [-0.1, -0.05) is 262 Å². The third kappa shape index (κ3) is 57.1. The summed E-state index contributed by atoms with van der Waals surface area (Å²) in [6.07, 6.45) is 66.0. The number of phosphoric ester groups is 1. The number of carbonyl (C=O) groups is 2. The van der Waals surface area contributed by atoms with E-state index in [2.05, 4.69) is 62.5 Å². The van der Waals surface area contributed by atoms with Crippen molar-refractivity contribution in [2.24, 2.45) is 0 Å². The Morgan fingerprint density at radius 2 is 0.803 bits per heavy atom. The van der Waals surface area contributed by atoms with Gasteiger partial charge in [0.15, 0.2) is 6.10 Å². The molecule has 0 rings (SSSR count). The highest BCUT2D eigenvalue weighted by atomic mass is 31.2. The molecule has 0 aliphatic carbocycles. The fourth-order valence-corrected chi connectivity index (χ4v) is 9.26. The van der Waals surface area contributed by atoms with Gasteiger partial charge in [0, 0.05) is 12.8 Å². The van der Waals surface area contributed by atoms with E-state index in [4.69, 9.17) is 18.5 Å². The first-order valence-corrected chi connectivity index (χ1v) is 31.3. The average molecular weight is 1020 g/mol. The molecule has 0 aliphatic heterocycles. The van der Waals surface area contributed by atoms with Crippen molar-refractivity contribution >= 4 is 19.8 Å². The molecule has 0 radical (unpaired) electrons. The van der Waals surface area contributed by atoms with Crippen LogP contribution < -0.4 is 4.89 Å². The summed E-state index contributed by atoms with van der Waals surface area (Å²) in [5, 5.41) is 0. The number of hydrogen-bond donors (Lipinski definition) is 0. The van der Waals surface area contributed by atoms with Crippen LogP contribution in [-0.2, 0) is 32.7 Å². The Morgan fingerprint density at radius 3 is 1.20 bits per heavy atom. The van der Waals surface area contributed by atoms with Crippen molar-refractivity contribution in [2.75, 3.05) is 47.5 Å². The molecule has 0 aliphatic rings. The second kappa shape index (κ2) is 52.8. The number of ether oxygens (including phenoxy) is 2. The van der Waals surface area contributed by atoms with Crippen molar-refractivity contribution < 1.29 is 42.1 Å². The van der Waals surface area contributed by atoms with Gasteiger partial charge in [0.25, 0.3) is 7.82 Å². The lowest BCUT2D eigenvalue weighted by molar-refractivity contribution is -0.870. The summed E-state index contributed by atoms with van der Waals surface area (Å²) in [7, 11) is 1.18. The lowest BCUT2D eigenvalue weighted by Gasteiger charge is -2.28. The average Bonchev–Trinajstić information content (AvgIpc) is 3.33. The molecule has 2 atom stereocenters. The summed E-state index contributed by atoms with van der Waals surface area (Å²) in [5.41, 5.74) is 0. The summed E-state index contributed by atoms with van der Waals surface area (Å²) >= 11 is 0. The first-order valence-electron chi connectivity index (χ1n) is 29.8. The van der Waals surface area contributed by atoms with Crippen LogP contribution in [0.1, 0.15) is 277 Å². The normalized spacial score (nSPS) is 13.6. The van der Waals surface area contributed by atoms with Gasteiger partial charge in [-0.15, -0.1) is 0 Å².